The van der Waals surface area contributed by atoms with Gasteiger partial charge in [-0.2, -0.15) is 0 Å². The highest BCUT2D eigenvalue weighted by atomic mass is 127. The van der Waals surface area contributed by atoms with Crippen molar-refractivity contribution in [1.82, 2.24) is 4.72 Å². The average Bonchev–Trinajstić information content (AvgIpc) is 2.14. The number of anilines is 1. The molecule has 2 rings (SSSR count). The molecule has 0 fully saturated rings. The standard InChI is InChI=1S/C8H7IN2O3S/c1-11-7-5(9)3-2-4-6(7)15(13,14)10-8(11)12/h2-4H,1H3,(H,10,12). The first-order valence-corrected chi connectivity index (χ1v) is 6.59. The van der Waals surface area contributed by atoms with Crippen LogP contribution in [0.5, 0.6) is 0 Å². The Balaban J connectivity index is 2.81. The number of hydrogen-bond acceptors (Lipinski definition) is 3. The largest absolute Gasteiger partial charge is 0.335 e. The molecule has 0 aromatic heterocycles. The molecule has 0 saturated carbocycles. The average molecular weight is 338 g/mol. The van der Waals surface area contributed by atoms with Gasteiger partial charge in [-0.15, -0.1) is 0 Å². The van der Waals surface area contributed by atoms with Crippen LogP contribution < -0.4 is 9.62 Å². The maximum atomic E-state index is 11.6. The smallest absolute Gasteiger partial charge is 0.294 e. The van der Waals surface area contributed by atoms with Crippen LogP contribution in [0.15, 0.2) is 23.1 Å². The third kappa shape index (κ3) is 1.59. The number of benzene rings is 1. The van der Waals surface area contributed by atoms with Crippen LogP contribution in [0, 0.1) is 3.57 Å². The van der Waals surface area contributed by atoms with E-state index in [2.05, 4.69) is 0 Å². The number of urea groups is 1. The molecule has 7 heteroatoms. The Bertz CT molecular complexity index is 541. The van der Waals surface area contributed by atoms with E-state index in [1.807, 2.05) is 27.3 Å². The van der Waals surface area contributed by atoms with Crippen molar-refractivity contribution < 1.29 is 13.2 Å². The molecule has 1 aromatic rings. The number of sulfonamides is 1. The molecule has 0 unspecified atom stereocenters. The Hall–Kier alpha value is -0.830. The van der Waals surface area contributed by atoms with Gasteiger partial charge in [0.05, 0.1) is 5.69 Å². The first kappa shape index (κ1) is 10.7. The van der Waals surface area contributed by atoms with E-state index in [1.54, 1.807) is 12.1 Å². The van der Waals surface area contributed by atoms with E-state index < -0.39 is 16.1 Å². The zero-order chi connectivity index (χ0) is 11.2. The molecule has 80 valence electrons. The quantitative estimate of drug-likeness (QED) is 0.722. The Morgan fingerprint density at radius 2 is 2.07 bits per heavy atom. The third-order valence-electron chi connectivity index (χ3n) is 2.10. The lowest BCUT2D eigenvalue weighted by atomic mass is 10.3. The Kier molecular flexibility index (Phi) is 2.38. The second-order valence-electron chi connectivity index (χ2n) is 3.06. The van der Waals surface area contributed by atoms with Crippen LogP contribution in [0.25, 0.3) is 0 Å². The summed E-state index contributed by atoms with van der Waals surface area (Å²) in [6, 6.07) is 4.24. The number of halogens is 1. The zero-order valence-electron chi connectivity index (χ0n) is 7.69. The number of carbonyl (C=O) groups excluding carboxylic acids is 1. The van der Waals surface area contributed by atoms with Crippen molar-refractivity contribution in [3.63, 3.8) is 0 Å². The summed E-state index contributed by atoms with van der Waals surface area (Å²) in [7, 11) is -2.16. The number of carbonyl (C=O) groups is 1. The number of nitrogens with one attached hydrogen (secondary N) is 1. The van der Waals surface area contributed by atoms with E-state index >= 15 is 0 Å². The molecule has 1 N–H and O–H groups in total. The summed E-state index contributed by atoms with van der Waals surface area (Å²) in [6.07, 6.45) is 0. The van der Waals surface area contributed by atoms with Crippen LogP contribution in [0.3, 0.4) is 0 Å². The van der Waals surface area contributed by atoms with Crippen molar-refractivity contribution in [2.24, 2.45) is 0 Å². The molecule has 1 heterocycles. The summed E-state index contributed by atoms with van der Waals surface area (Å²) >= 11 is 2.00. The van der Waals surface area contributed by atoms with Crippen molar-refractivity contribution in [2.75, 3.05) is 11.9 Å². The number of rotatable bonds is 0. The molecule has 1 aliphatic heterocycles. The zero-order valence-corrected chi connectivity index (χ0v) is 10.7. The topological polar surface area (TPSA) is 66.5 Å². The van der Waals surface area contributed by atoms with Gasteiger partial charge in [0.1, 0.15) is 4.90 Å². The number of amides is 2. The molecule has 0 radical (unpaired) electrons. The molecule has 5 nitrogen and oxygen atoms in total. The monoisotopic (exact) mass is 338 g/mol. The first-order valence-electron chi connectivity index (χ1n) is 4.02. The second-order valence-corrected chi connectivity index (χ2v) is 5.87. The van der Waals surface area contributed by atoms with Crippen molar-refractivity contribution in [3.8, 4) is 0 Å². The lowest BCUT2D eigenvalue weighted by molar-refractivity contribution is 0.251. The van der Waals surface area contributed by atoms with E-state index in [9.17, 15) is 13.2 Å². The predicted octanol–water partition coefficient (Wildman–Crippen LogP) is 1.14. The predicted molar refractivity (Wildman–Crippen MR) is 63.3 cm³/mol. The molecule has 0 spiro atoms. The fourth-order valence-electron chi connectivity index (χ4n) is 1.38. The van der Waals surface area contributed by atoms with Gasteiger partial charge in [-0.05, 0) is 34.7 Å². The number of para-hydroxylation sites is 1. The van der Waals surface area contributed by atoms with Crippen LogP contribution in [-0.2, 0) is 10.0 Å². The maximum absolute atomic E-state index is 11.6. The van der Waals surface area contributed by atoms with E-state index in [-0.39, 0.29) is 4.90 Å². The van der Waals surface area contributed by atoms with Crippen LogP contribution in [0.4, 0.5) is 10.5 Å². The molecule has 0 atom stereocenters. The van der Waals surface area contributed by atoms with Gasteiger partial charge >= 0.3 is 6.03 Å². The Morgan fingerprint density at radius 3 is 2.73 bits per heavy atom. The number of hydrogen-bond donors (Lipinski definition) is 1. The highest BCUT2D eigenvalue weighted by molar-refractivity contribution is 14.1. The van der Waals surface area contributed by atoms with E-state index in [0.717, 1.165) is 3.57 Å². The van der Waals surface area contributed by atoms with Crippen molar-refractivity contribution in [2.45, 2.75) is 4.90 Å². The molecular formula is C8H7IN2O3S. The molecule has 0 saturated heterocycles. The van der Waals surface area contributed by atoms with E-state index in [1.165, 1.54) is 18.0 Å². The third-order valence-corrected chi connectivity index (χ3v) is 4.32. The second kappa shape index (κ2) is 3.34. The Morgan fingerprint density at radius 1 is 1.40 bits per heavy atom. The minimum Gasteiger partial charge on any atom is -0.294 e. The van der Waals surface area contributed by atoms with Gasteiger partial charge in [0.15, 0.2) is 0 Å². The highest BCUT2D eigenvalue weighted by Gasteiger charge is 2.32. The fraction of sp³-hybridized carbons (Fsp3) is 0.125. The molecule has 1 aromatic carbocycles. The molecule has 1 aliphatic rings. The molecule has 2 amide bonds. The van der Waals surface area contributed by atoms with Crippen molar-refractivity contribution in [3.05, 3.63) is 21.8 Å². The number of nitrogens with zero attached hydrogens (tertiary/aromatic N) is 1. The summed E-state index contributed by atoms with van der Waals surface area (Å²) < 4.78 is 25.9. The lowest BCUT2D eigenvalue weighted by Crippen LogP contribution is -2.46. The lowest BCUT2D eigenvalue weighted by Gasteiger charge is -2.26. The highest BCUT2D eigenvalue weighted by Crippen LogP contribution is 2.32. The summed E-state index contributed by atoms with van der Waals surface area (Å²) in [4.78, 5) is 12.8. The minimum atomic E-state index is -3.69. The minimum absolute atomic E-state index is 0.136. The van der Waals surface area contributed by atoms with Gasteiger partial charge in [0.2, 0.25) is 0 Å². The van der Waals surface area contributed by atoms with Gasteiger partial charge in [0.25, 0.3) is 10.0 Å². The fourth-order valence-corrected chi connectivity index (χ4v) is 3.66. The van der Waals surface area contributed by atoms with Crippen LogP contribution >= 0.6 is 22.6 Å². The Labute approximate surface area is 101 Å². The number of fused-ring (bicyclic) bond motifs is 1. The van der Waals surface area contributed by atoms with E-state index in [0.29, 0.717) is 5.69 Å². The maximum Gasteiger partial charge on any atom is 0.335 e. The van der Waals surface area contributed by atoms with Gasteiger partial charge in [-0.3, -0.25) is 4.90 Å². The van der Waals surface area contributed by atoms with Gasteiger partial charge in [-0.1, -0.05) is 6.07 Å². The van der Waals surface area contributed by atoms with Gasteiger partial charge in [-0.25, -0.2) is 17.9 Å². The van der Waals surface area contributed by atoms with Crippen molar-refractivity contribution in [1.29, 1.82) is 0 Å². The molecule has 0 bridgehead atoms. The van der Waals surface area contributed by atoms with Crippen LogP contribution in [0.2, 0.25) is 0 Å². The van der Waals surface area contributed by atoms with Gasteiger partial charge in [0, 0.05) is 10.6 Å². The molecule has 0 aliphatic carbocycles. The summed E-state index contributed by atoms with van der Waals surface area (Å²) in [6.45, 7) is 0. The van der Waals surface area contributed by atoms with Crippen LogP contribution in [0.1, 0.15) is 0 Å². The molecular weight excluding hydrogens is 331 g/mol. The summed E-state index contributed by atoms with van der Waals surface area (Å²) in [5.74, 6) is 0. The van der Waals surface area contributed by atoms with Crippen molar-refractivity contribution >= 4 is 44.3 Å². The first-order chi connectivity index (χ1) is 6.93. The summed E-state index contributed by atoms with van der Waals surface area (Å²) in [5.41, 5.74) is 0.432. The van der Waals surface area contributed by atoms with E-state index in [4.69, 9.17) is 0 Å². The molecule has 15 heavy (non-hydrogen) atoms. The SMILES string of the molecule is CN1C(=O)NS(=O)(=O)c2cccc(I)c21. The normalized spacial score (nSPS) is 18.3. The van der Waals surface area contributed by atoms with Gasteiger partial charge < -0.3 is 0 Å². The van der Waals surface area contributed by atoms with Crippen LogP contribution in [-0.4, -0.2) is 21.5 Å². The summed E-state index contributed by atoms with van der Waals surface area (Å²) in [5, 5.41) is 0.